The lowest BCUT2D eigenvalue weighted by atomic mass is 10.1. The predicted octanol–water partition coefficient (Wildman–Crippen LogP) is 3.58. The van der Waals surface area contributed by atoms with Crippen molar-refractivity contribution in [2.24, 2.45) is 0 Å². The standard InChI is InChI=1S/C20H11ClN4O5S2/c21-16-7-8-17(31-16)32(29,30)24-20(28)23-12-5-6-15(11(9-12)10-22)25-18(26)13-3-1-2-4-14(13)19(25)27/h1-9H,(H2,23,24,28). The van der Waals surface area contributed by atoms with Gasteiger partial charge < -0.3 is 5.32 Å². The molecular weight excluding hydrogens is 476 g/mol. The Balaban J connectivity index is 1.56. The third-order valence-corrected chi connectivity index (χ3v) is 7.50. The van der Waals surface area contributed by atoms with Crippen LogP contribution in [-0.4, -0.2) is 26.3 Å². The molecule has 0 saturated carbocycles. The smallest absolute Gasteiger partial charge is 0.307 e. The van der Waals surface area contributed by atoms with Crippen molar-refractivity contribution in [1.82, 2.24) is 4.72 Å². The van der Waals surface area contributed by atoms with E-state index in [2.05, 4.69) is 5.32 Å². The maximum Gasteiger partial charge on any atom is 0.333 e. The van der Waals surface area contributed by atoms with Crippen LogP contribution in [0, 0.1) is 11.3 Å². The molecule has 0 radical (unpaired) electrons. The number of amides is 4. The largest absolute Gasteiger partial charge is 0.333 e. The highest BCUT2D eigenvalue weighted by Crippen LogP contribution is 2.32. The average Bonchev–Trinajstić information content (AvgIpc) is 3.30. The van der Waals surface area contributed by atoms with Gasteiger partial charge in [-0.05, 0) is 42.5 Å². The molecule has 0 fully saturated rings. The molecule has 4 amide bonds. The number of benzene rings is 2. The Kier molecular flexibility index (Phi) is 5.43. The highest BCUT2D eigenvalue weighted by atomic mass is 35.5. The minimum Gasteiger partial charge on any atom is -0.307 e. The Morgan fingerprint density at radius 2 is 1.69 bits per heavy atom. The van der Waals surface area contributed by atoms with E-state index in [0.717, 1.165) is 16.2 Å². The van der Waals surface area contributed by atoms with Crippen LogP contribution in [0.5, 0.6) is 0 Å². The highest BCUT2D eigenvalue weighted by molar-refractivity contribution is 7.92. The van der Waals surface area contributed by atoms with E-state index < -0.39 is 27.9 Å². The molecule has 160 valence electrons. The normalized spacial score (nSPS) is 12.9. The van der Waals surface area contributed by atoms with Crippen LogP contribution >= 0.6 is 22.9 Å². The van der Waals surface area contributed by atoms with Gasteiger partial charge in [-0.2, -0.15) is 5.26 Å². The van der Waals surface area contributed by atoms with E-state index >= 15 is 0 Å². The second-order valence-electron chi connectivity index (χ2n) is 6.45. The van der Waals surface area contributed by atoms with Crippen molar-refractivity contribution in [1.29, 1.82) is 5.26 Å². The molecule has 9 nitrogen and oxygen atoms in total. The molecule has 32 heavy (non-hydrogen) atoms. The number of sulfonamides is 1. The average molecular weight is 487 g/mol. The molecule has 12 heteroatoms. The van der Waals surface area contributed by atoms with Crippen molar-refractivity contribution in [3.8, 4) is 6.07 Å². The van der Waals surface area contributed by atoms with Gasteiger partial charge in [0.05, 0.1) is 26.7 Å². The molecule has 2 aromatic carbocycles. The number of nitriles is 1. The first-order chi connectivity index (χ1) is 15.2. The van der Waals surface area contributed by atoms with Crippen molar-refractivity contribution < 1.29 is 22.8 Å². The minimum absolute atomic E-state index is 0.0468. The van der Waals surface area contributed by atoms with Crippen molar-refractivity contribution >= 4 is 62.2 Å². The molecule has 0 aliphatic carbocycles. The van der Waals surface area contributed by atoms with Crippen LogP contribution in [0.2, 0.25) is 4.34 Å². The number of hydrogen-bond acceptors (Lipinski definition) is 7. The summed E-state index contributed by atoms with van der Waals surface area (Å²) < 4.78 is 26.4. The van der Waals surface area contributed by atoms with Crippen LogP contribution in [-0.2, 0) is 10.0 Å². The number of thiophene rings is 1. The zero-order valence-electron chi connectivity index (χ0n) is 15.8. The zero-order valence-corrected chi connectivity index (χ0v) is 18.2. The number of urea groups is 1. The maximum absolute atomic E-state index is 12.7. The summed E-state index contributed by atoms with van der Waals surface area (Å²) in [5.41, 5.74) is 0.512. The second-order valence-corrected chi connectivity index (χ2v) is 10.1. The fourth-order valence-corrected chi connectivity index (χ4v) is 5.47. The number of imide groups is 1. The zero-order chi connectivity index (χ0) is 23.0. The van der Waals surface area contributed by atoms with Crippen molar-refractivity contribution in [3.05, 3.63) is 75.6 Å². The molecule has 0 bridgehead atoms. The molecular formula is C20H11ClN4O5S2. The number of carbonyl (C=O) groups excluding carboxylic acids is 3. The summed E-state index contributed by atoms with van der Waals surface area (Å²) in [4.78, 5) is 38.4. The SMILES string of the molecule is N#Cc1cc(NC(=O)NS(=O)(=O)c2ccc(Cl)s2)ccc1N1C(=O)c2ccccc2C1=O. The lowest BCUT2D eigenvalue weighted by Gasteiger charge is -2.16. The van der Waals surface area contributed by atoms with E-state index in [1.165, 1.54) is 42.5 Å². The number of hydrogen-bond donors (Lipinski definition) is 2. The summed E-state index contributed by atoms with van der Waals surface area (Å²) in [5, 5.41) is 11.8. The second kappa shape index (κ2) is 8.08. The Hall–Kier alpha value is -3.72. The molecule has 2 N–H and O–H groups in total. The Morgan fingerprint density at radius 1 is 1.03 bits per heavy atom. The number of carbonyl (C=O) groups is 3. The minimum atomic E-state index is -4.13. The third kappa shape index (κ3) is 3.82. The van der Waals surface area contributed by atoms with E-state index in [0.29, 0.717) is 0 Å². The van der Waals surface area contributed by atoms with Gasteiger partial charge in [-0.15, -0.1) is 11.3 Å². The van der Waals surface area contributed by atoms with Crippen LogP contribution in [0.3, 0.4) is 0 Å². The van der Waals surface area contributed by atoms with Gasteiger partial charge in [-0.1, -0.05) is 23.7 Å². The van der Waals surface area contributed by atoms with Gasteiger partial charge in [0.15, 0.2) is 0 Å². The summed E-state index contributed by atoms with van der Waals surface area (Å²) in [6.45, 7) is 0. The number of rotatable bonds is 4. The molecule has 1 aliphatic heterocycles. The number of anilines is 2. The van der Waals surface area contributed by atoms with Crippen molar-refractivity contribution in [2.75, 3.05) is 10.2 Å². The summed E-state index contributed by atoms with van der Waals surface area (Å²) in [7, 11) is -4.13. The highest BCUT2D eigenvalue weighted by Gasteiger charge is 2.37. The Morgan fingerprint density at radius 3 is 2.25 bits per heavy atom. The van der Waals surface area contributed by atoms with Crippen LogP contribution in [0.1, 0.15) is 26.3 Å². The lowest BCUT2D eigenvalue weighted by molar-refractivity contribution is 0.0926. The Labute approximate surface area is 190 Å². The van der Waals surface area contributed by atoms with Gasteiger partial charge in [0.1, 0.15) is 10.3 Å². The van der Waals surface area contributed by atoms with Crippen LogP contribution in [0.25, 0.3) is 0 Å². The fourth-order valence-electron chi connectivity index (χ4n) is 3.08. The molecule has 2 heterocycles. The first-order valence-electron chi connectivity index (χ1n) is 8.82. The number of fused-ring (bicyclic) bond motifs is 1. The summed E-state index contributed by atoms with van der Waals surface area (Å²) in [5.74, 6) is -1.14. The first-order valence-corrected chi connectivity index (χ1v) is 11.5. The van der Waals surface area contributed by atoms with Crippen LogP contribution in [0.15, 0.2) is 58.8 Å². The molecule has 4 rings (SSSR count). The number of nitrogens with zero attached hydrogens (tertiary/aromatic N) is 2. The van der Waals surface area contributed by atoms with E-state index in [1.807, 2.05) is 10.8 Å². The Bertz CT molecular complexity index is 1410. The van der Waals surface area contributed by atoms with Crippen molar-refractivity contribution in [2.45, 2.75) is 4.21 Å². The van der Waals surface area contributed by atoms with Gasteiger partial charge in [-0.3, -0.25) is 9.59 Å². The predicted molar refractivity (Wildman–Crippen MR) is 117 cm³/mol. The molecule has 3 aromatic rings. The third-order valence-electron chi connectivity index (χ3n) is 4.45. The number of halogens is 1. The van der Waals surface area contributed by atoms with Gasteiger partial charge in [0, 0.05) is 5.69 Å². The van der Waals surface area contributed by atoms with Gasteiger partial charge in [-0.25, -0.2) is 22.8 Å². The molecule has 1 aliphatic rings. The monoisotopic (exact) mass is 486 g/mol. The topological polar surface area (TPSA) is 136 Å². The molecule has 0 spiro atoms. The molecule has 0 unspecified atom stereocenters. The van der Waals surface area contributed by atoms with Crippen LogP contribution < -0.4 is 14.9 Å². The lowest BCUT2D eigenvalue weighted by Crippen LogP contribution is -2.34. The van der Waals surface area contributed by atoms with E-state index in [9.17, 15) is 28.1 Å². The first kappa shape index (κ1) is 21.5. The molecule has 0 atom stereocenters. The number of nitrogens with one attached hydrogen (secondary N) is 2. The van der Waals surface area contributed by atoms with Gasteiger partial charge in [0.25, 0.3) is 21.8 Å². The van der Waals surface area contributed by atoms with E-state index in [4.69, 9.17) is 11.6 Å². The summed E-state index contributed by atoms with van der Waals surface area (Å²) >= 11 is 6.51. The summed E-state index contributed by atoms with van der Waals surface area (Å²) in [6.07, 6.45) is 0. The fraction of sp³-hybridized carbons (Fsp3) is 0. The quantitative estimate of drug-likeness (QED) is 0.541. The molecule has 0 saturated heterocycles. The van der Waals surface area contributed by atoms with Crippen molar-refractivity contribution in [3.63, 3.8) is 0 Å². The molecule has 1 aromatic heterocycles. The van der Waals surface area contributed by atoms with E-state index in [1.54, 1.807) is 12.1 Å². The van der Waals surface area contributed by atoms with Gasteiger partial charge >= 0.3 is 6.03 Å². The summed E-state index contributed by atoms with van der Waals surface area (Å²) in [6, 6.07) is 13.6. The van der Waals surface area contributed by atoms with Gasteiger partial charge in [0.2, 0.25) is 0 Å². The van der Waals surface area contributed by atoms with Crippen LogP contribution in [0.4, 0.5) is 16.2 Å². The maximum atomic E-state index is 12.7. The van der Waals surface area contributed by atoms with E-state index in [-0.39, 0.29) is 36.6 Å².